The number of carbonyl (C=O) groups is 2. The van der Waals surface area contributed by atoms with Crippen LogP contribution in [0.1, 0.15) is 27.1 Å². The predicted octanol–water partition coefficient (Wildman–Crippen LogP) is 3.58. The number of anilines is 1. The molecule has 2 aromatic carbocycles. The Labute approximate surface area is 133 Å². The van der Waals surface area contributed by atoms with Gasteiger partial charge in [-0.15, -0.1) is 0 Å². The molecule has 1 amide bonds. The molecule has 0 aliphatic carbocycles. The van der Waals surface area contributed by atoms with Crippen LogP contribution in [0.15, 0.2) is 42.5 Å². The lowest BCUT2D eigenvalue weighted by Crippen LogP contribution is -2.37. The van der Waals surface area contributed by atoms with Crippen LogP contribution in [0.5, 0.6) is 5.75 Å². The van der Waals surface area contributed by atoms with Gasteiger partial charge in [-0.3, -0.25) is 9.59 Å². The van der Waals surface area contributed by atoms with Gasteiger partial charge in [-0.1, -0.05) is 23.7 Å². The molecule has 0 fully saturated rings. The zero-order valence-electron chi connectivity index (χ0n) is 12.0. The highest BCUT2D eigenvalue weighted by Gasteiger charge is 2.30. The maximum absolute atomic E-state index is 12.8. The van der Waals surface area contributed by atoms with E-state index >= 15 is 0 Å². The number of halogens is 1. The Morgan fingerprint density at radius 2 is 2.00 bits per heavy atom. The van der Waals surface area contributed by atoms with E-state index in [0.29, 0.717) is 40.6 Å². The lowest BCUT2D eigenvalue weighted by atomic mass is 9.98. The smallest absolute Gasteiger partial charge is 0.258 e. The highest BCUT2D eigenvalue weighted by Crippen LogP contribution is 2.37. The second-order valence-corrected chi connectivity index (χ2v) is 5.43. The molecule has 1 aliphatic rings. The first kappa shape index (κ1) is 14.6. The molecule has 1 aliphatic heterocycles. The number of hydrogen-bond donors (Lipinski definition) is 0. The summed E-state index contributed by atoms with van der Waals surface area (Å²) in [4.78, 5) is 26.5. The van der Waals surface area contributed by atoms with E-state index in [1.807, 2.05) is 0 Å². The van der Waals surface area contributed by atoms with Gasteiger partial charge < -0.3 is 9.64 Å². The fourth-order valence-electron chi connectivity index (χ4n) is 2.63. The second-order valence-electron chi connectivity index (χ2n) is 5.00. The normalized spacial score (nSPS) is 13.7. The Balaban J connectivity index is 2.09. The molecular formula is C17H14ClNO3. The topological polar surface area (TPSA) is 46.6 Å². The molecule has 1 heterocycles. The molecule has 3 rings (SSSR count). The third kappa shape index (κ3) is 2.46. The standard InChI is InChI=1S/C17H14ClNO3/c1-22-15-7-3-6-13-14(20)8-9-19(16(13)15)17(21)11-4-2-5-12(18)10-11/h2-7,10H,8-9H2,1H3. The van der Waals surface area contributed by atoms with Crippen LogP contribution in [0.25, 0.3) is 0 Å². The summed E-state index contributed by atoms with van der Waals surface area (Å²) in [5.41, 5.74) is 1.53. The van der Waals surface area contributed by atoms with E-state index in [4.69, 9.17) is 16.3 Å². The van der Waals surface area contributed by atoms with Crippen LogP contribution in [-0.4, -0.2) is 25.3 Å². The third-order valence-corrected chi connectivity index (χ3v) is 3.90. The van der Waals surface area contributed by atoms with Crippen molar-refractivity contribution < 1.29 is 14.3 Å². The minimum atomic E-state index is -0.194. The number of fused-ring (bicyclic) bond motifs is 1. The van der Waals surface area contributed by atoms with Crippen molar-refractivity contribution >= 4 is 29.0 Å². The number of ketones is 1. The van der Waals surface area contributed by atoms with E-state index in [0.717, 1.165) is 0 Å². The molecule has 0 radical (unpaired) electrons. The van der Waals surface area contributed by atoms with Gasteiger partial charge in [-0.25, -0.2) is 0 Å². The molecule has 4 nitrogen and oxygen atoms in total. The summed E-state index contributed by atoms with van der Waals surface area (Å²) in [5, 5.41) is 0.499. The minimum Gasteiger partial charge on any atom is -0.495 e. The van der Waals surface area contributed by atoms with Gasteiger partial charge in [-0.05, 0) is 30.3 Å². The first-order valence-corrected chi connectivity index (χ1v) is 7.27. The summed E-state index contributed by atoms with van der Waals surface area (Å²) in [6, 6.07) is 12.0. The van der Waals surface area contributed by atoms with Gasteiger partial charge in [0.25, 0.3) is 5.91 Å². The Hall–Kier alpha value is -2.33. The Kier molecular flexibility index (Phi) is 3.86. The number of hydrogen-bond acceptors (Lipinski definition) is 3. The molecule has 22 heavy (non-hydrogen) atoms. The lowest BCUT2D eigenvalue weighted by Gasteiger charge is -2.30. The van der Waals surface area contributed by atoms with E-state index in [1.165, 1.54) is 7.11 Å². The van der Waals surface area contributed by atoms with Gasteiger partial charge in [0.2, 0.25) is 0 Å². The molecule has 0 N–H and O–H groups in total. The van der Waals surface area contributed by atoms with E-state index in [1.54, 1.807) is 47.4 Å². The molecule has 0 saturated heterocycles. The number of amides is 1. The fourth-order valence-corrected chi connectivity index (χ4v) is 2.82. The monoisotopic (exact) mass is 315 g/mol. The molecule has 112 valence electrons. The summed E-state index contributed by atoms with van der Waals surface area (Å²) in [7, 11) is 1.52. The Morgan fingerprint density at radius 1 is 1.23 bits per heavy atom. The zero-order chi connectivity index (χ0) is 15.7. The van der Waals surface area contributed by atoms with Crippen molar-refractivity contribution in [1.82, 2.24) is 0 Å². The Morgan fingerprint density at radius 3 is 2.73 bits per heavy atom. The Bertz CT molecular complexity index is 757. The summed E-state index contributed by atoms with van der Waals surface area (Å²) in [6.45, 7) is 0.331. The highest BCUT2D eigenvalue weighted by atomic mass is 35.5. The number of ether oxygens (including phenoxy) is 1. The minimum absolute atomic E-state index is 0.0176. The maximum Gasteiger partial charge on any atom is 0.258 e. The lowest BCUT2D eigenvalue weighted by molar-refractivity contribution is 0.0954. The van der Waals surface area contributed by atoms with Crippen LogP contribution in [0.4, 0.5) is 5.69 Å². The second kappa shape index (κ2) is 5.81. The van der Waals surface area contributed by atoms with Gasteiger partial charge in [0.05, 0.1) is 12.8 Å². The van der Waals surface area contributed by atoms with E-state index in [2.05, 4.69) is 0 Å². The van der Waals surface area contributed by atoms with Crippen LogP contribution in [0.2, 0.25) is 5.02 Å². The van der Waals surface area contributed by atoms with E-state index in [-0.39, 0.29) is 11.7 Å². The average Bonchev–Trinajstić information content (AvgIpc) is 2.54. The predicted molar refractivity (Wildman–Crippen MR) is 85.1 cm³/mol. The number of nitrogens with zero attached hydrogens (tertiary/aromatic N) is 1. The first-order chi connectivity index (χ1) is 10.6. The molecule has 0 unspecified atom stereocenters. The van der Waals surface area contributed by atoms with E-state index < -0.39 is 0 Å². The number of rotatable bonds is 2. The van der Waals surface area contributed by atoms with Crippen molar-refractivity contribution in [3.8, 4) is 5.75 Å². The van der Waals surface area contributed by atoms with E-state index in [9.17, 15) is 9.59 Å². The maximum atomic E-state index is 12.8. The molecular weight excluding hydrogens is 302 g/mol. The fraction of sp³-hybridized carbons (Fsp3) is 0.176. The van der Waals surface area contributed by atoms with Crippen LogP contribution in [0.3, 0.4) is 0 Å². The highest BCUT2D eigenvalue weighted by molar-refractivity contribution is 6.31. The van der Waals surface area contributed by atoms with Gasteiger partial charge in [0.15, 0.2) is 5.78 Å². The van der Waals surface area contributed by atoms with Gasteiger partial charge in [-0.2, -0.15) is 0 Å². The van der Waals surface area contributed by atoms with Crippen molar-refractivity contribution in [2.75, 3.05) is 18.6 Å². The van der Waals surface area contributed by atoms with Gasteiger partial charge >= 0.3 is 0 Å². The average molecular weight is 316 g/mol. The summed E-state index contributed by atoms with van der Waals surface area (Å²) >= 11 is 5.96. The third-order valence-electron chi connectivity index (χ3n) is 3.67. The quantitative estimate of drug-likeness (QED) is 0.851. The van der Waals surface area contributed by atoms with Crippen molar-refractivity contribution in [1.29, 1.82) is 0 Å². The SMILES string of the molecule is COc1cccc2c1N(C(=O)c1cccc(Cl)c1)CCC2=O. The van der Waals surface area contributed by atoms with Crippen molar-refractivity contribution in [3.05, 3.63) is 58.6 Å². The van der Waals surface area contributed by atoms with Crippen molar-refractivity contribution in [2.45, 2.75) is 6.42 Å². The number of benzene rings is 2. The summed E-state index contributed by atoms with van der Waals surface area (Å²) < 4.78 is 5.33. The molecule has 2 aromatic rings. The number of methoxy groups -OCH3 is 1. The number of Topliss-reactive ketones (excluding diaryl/α,β-unsaturated/α-hetero) is 1. The molecule has 5 heteroatoms. The zero-order valence-corrected chi connectivity index (χ0v) is 12.8. The first-order valence-electron chi connectivity index (χ1n) is 6.89. The van der Waals surface area contributed by atoms with Crippen LogP contribution < -0.4 is 9.64 Å². The molecule has 0 saturated carbocycles. The largest absolute Gasteiger partial charge is 0.495 e. The summed E-state index contributed by atoms with van der Waals surface area (Å²) in [5.74, 6) is 0.339. The van der Waals surface area contributed by atoms with Gasteiger partial charge in [0.1, 0.15) is 5.75 Å². The molecule has 0 atom stereocenters. The van der Waals surface area contributed by atoms with Crippen LogP contribution >= 0.6 is 11.6 Å². The molecule has 0 aromatic heterocycles. The van der Waals surface area contributed by atoms with Crippen molar-refractivity contribution in [3.63, 3.8) is 0 Å². The molecule has 0 bridgehead atoms. The van der Waals surface area contributed by atoms with Crippen LogP contribution in [0, 0.1) is 0 Å². The van der Waals surface area contributed by atoms with Crippen LogP contribution in [-0.2, 0) is 0 Å². The van der Waals surface area contributed by atoms with Gasteiger partial charge in [0, 0.05) is 29.1 Å². The van der Waals surface area contributed by atoms with Crippen molar-refractivity contribution in [2.24, 2.45) is 0 Å². The number of carbonyl (C=O) groups excluding carboxylic acids is 2. The number of para-hydroxylation sites is 1. The summed E-state index contributed by atoms with van der Waals surface area (Å²) in [6.07, 6.45) is 0.298. The molecule has 0 spiro atoms.